The Morgan fingerprint density at radius 3 is 2.56 bits per heavy atom. The highest BCUT2D eigenvalue weighted by Crippen LogP contribution is 2.37. The summed E-state index contributed by atoms with van der Waals surface area (Å²) in [6.07, 6.45) is 4.03. The molecule has 0 aliphatic heterocycles. The van der Waals surface area contributed by atoms with Crippen LogP contribution in [-0.2, 0) is 17.6 Å². The van der Waals surface area contributed by atoms with Gasteiger partial charge in [-0.25, -0.2) is 0 Å². The summed E-state index contributed by atoms with van der Waals surface area (Å²) in [7, 11) is 0. The fourth-order valence-corrected chi connectivity index (χ4v) is 5.11. The van der Waals surface area contributed by atoms with Crippen molar-refractivity contribution in [3.8, 4) is 0 Å². The number of hydrogen-bond donors (Lipinski definition) is 3. The van der Waals surface area contributed by atoms with Gasteiger partial charge in [-0.15, -0.1) is 11.3 Å². The summed E-state index contributed by atoms with van der Waals surface area (Å²) in [5.41, 5.74) is 8.38. The lowest BCUT2D eigenvalue weighted by Gasteiger charge is -2.19. The number of carbonyl (C=O) groups excluding carboxylic acids is 2. The predicted octanol–water partition coefficient (Wildman–Crippen LogP) is 2.62. The third kappa shape index (κ3) is 4.57. The van der Waals surface area contributed by atoms with Gasteiger partial charge >= 0.3 is 0 Å². The Morgan fingerprint density at radius 1 is 1.19 bits per heavy atom. The zero-order valence-electron chi connectivity index (χ0n) is 16.0. The number of fused-ring (bicyclic) bond motifs is 1. The second kappa shape index (κ2) is 8.67. The van der Waals surface area contributed by atoms with Gasteiger partial charge in [-0.1, -0.05) is 44.2 Å². The number of carbonyl (C=O) groups is 2. The summed E-state index contributed by atoms with van der Waals surface area (Å²) in [4.78, 5) is 25.7. The van der Waals surface area contributed by atoms with Gasteiger partial charge in [0.1, 0.15) is 11.0 Å². The lowest BCUT2D eigenvalue weighted by Crippen LogP contribution is -2.88. The van der Waals surface area contributed by atoms with E-state index in [1.165, 1.54) is 21.8 Å². The molecule has 0 unspecified atom stereocenters. The van der Waals surface area contributed by atoms with Crippen molar-refractivity contribution in [1.82, 2.24) is 0 Å². The minimum Gasteiger partial charge on any atom is -0.365 e. The topological polar surface area (TPSA) is 88.8 Å². The summed E-state index contributed by atoms with van der Waals surface area (Å²) < 4.78 is 0. The summed E-state index contributed by atoms with van der Waals surface area (Å²) in [6, 6.07) is 10.4. The van der Waals surface area contributed by atoms with E-state index in [4.69, 9.17) is 5.73 Å². The molecule has 1 aliphatic carbocycles. The zero-order valence-corrected chi connectivity index (χ0v) is 16.8. The number of primary amides is 1. The van der Waals surface area contributed by atoms with Crippen LogP contribution in [0.3, 0.4) is 0 Å². The number of hydrogen-bond acceptors (Lipinski definition) is 3. The molecule has 1 aromatic heterocycles. The molecule has 1 heterocycles. The molecular formula is C21H28N3O2S+. The number of amides is 2. The number of anilines is 1. The first-order valence-corrected chi connectivity index (χ1v) is 10.4. The Kier molecular flexibility index (Phi) is 6.29. The van der Waals surface area contributed by atoms with Gasteiger partial charge in [0.25, 0.3) is 11.8 Å². The molecule has 0 radical (unpaired) electrons. The van der Waals surface area contributed by atoms with Crippen LogP contribution >= 0.6 is 11.3 Å². The van der Waals surface area contributed by atoms with E-state index in [1.807, 2.05) is 18.2 Å². The molecule has 1 aromatic carbocycles. The average Bonchev–Trinajstić information content (AvgIpc) is 3.00. The molecule has 2 amide bonds. The molecule has 0 saturated heterocycles. The first-order valence-electron chi connectivity index (χ1n) is 9.59. The average molecular weight is 387 g/mol. The zero-order chi connectivity index (χ0) is 19.4. The first kappa shape index (κ1) is 19.6. The van der Waals surface area contributed by atoms with Gasteiger partial charge in [-0.05, 0) is 31.2 Å². The molecule has 2 aromatic rings. The highest BCUT2D eigenvalue weighted by Gasteiger charge is 2.26. The molecule has 5 nitrogen and oxygen atoms in total. The third-order valence-corrected chi connectivity index (χ3v) is 6.34. The van der Waals surface area contributed by atoms with Gasteiger partial charge < -0.3 is 16.4 Å². The third-order valence-electron chi connectivity index (χ3n) is 5.13. The molecule has 6 heteroatoms. The minimum atomic E-state index is -0.446. The van der Waals surface area contributed by atoms with Crippen molar-refractivity contribution in [2.75, 3.05) is 11.9 Å². The molecule has 144 valence electrons. The van der Waals surface area contributed by atoms with Crippen LogP contribution in [-0.4, -0.2) is 18.4 Å². The Hall–Kier alpha value is -2.18. The predicted molar refractivity (Wildman–Crippen MR) is 109 cm³/mol. The van der Waals surface area contributed by atoms with E-state index in [0.717, 1.165) is 31.2 Å². The standard InChI is InChI=1S/C21H27N3O2S/c1-13(2)19(14-8-4-3-5-9-14)23-12-17(25)24-21-18(20(22)26)15-10-6-7-11-16(15)27-21/h3-5,8-9,13,19,23H,6-7,10-12H2,1-2H3,(H2,22,26)(H,24,25)/p+1/t19-/m1/s1. The monoisotopic (exact) mass is 386 g/mol. The lowest BCUT2D eigenvalue weighted by atomic mass is 9.95. The van der Waals surface area contributed by atoms with Crippen molar-refractivity contribution in [2.24, 2.45) is 11.7 Å². The summed E-state index contributed by atoms with van der Waals surface area (Å²) in [5.74, 6) is -0.147. The van der Waals surface area contributed by atoms with Crippen LogP contribution in [0.4, 0.5) is 5.00 Å². The molecule has 0 bridgehead atoms. The maximum absolute atomic E-state index is 12.6. The van der Waals surface area contributed by atoms with E-state index in [9.17, 15) is 9.59 Å². The van der Waals surface area contributed by atoms with Crippen molar-refractivity contribution < 1.29 is 14.9 Å². The molecule has 0 spiro atoms. The van der Waals surface area contributed by atoms with Crippen LogP contribution < -0.4 is 16.4 Å². The number of thiophene rings is 1. The van der Waals surface area contributed by atoms with E-state index in [0.29, 0.717) is 23.0 Å². The maximum atomic E-state index is 12.6. The Bertz CT molecular complexity index is 814. The van der Waals surface area contributed by atoms with Crippen molar-refractivity contribution in [3.63, 3.8) is 0 Å². The molecule has 1 aliphatic rings. The fourth-order valence-electron chi connectivity index (χ4n) is 3.79. The van der Waals surface area contributed by atoms with Gasteiger partial charge in [0, 0.05) is 16.4 Å². The van der Waals surface area contributed by atoms with Crippen molar-refractivity contribution in [3.05, 3.63) is 51.9 Å². The van der Waals surface area contributed by atoms with Gasteiger partial charge in [-0.3, -0.25) is 9.59 Å². The van der Waals surface area contributed by atoms with Gasteiger partial charge in [0.05, 0.1) is 5.56 Å². The smallest absolute Gasteiger partial charge is 0.280 e. The van der Waals surface area contributed by atoms with Crippen LogP contribution in [0, 0.1) is 5.92 Å². The normalized spacial score (nSPS) is 14.6. The number of aryl methyl sites for hydroxylation is 1. The van der Waals surface area contributed by atoms with Gasteiger partial charge in [0.15, 0.2) is 6.54 Å². The van der Waals surface area contributed by atoms with Crippen molar-refractivity contribution in [1.29, 1.82) is 0 Å². The maximum Gasteiger partial charge on any atom is 0.280 e. The Labute approximate surface area is 164 Å². The van der Waals surface area contributed by atoms with Crippen molar-refractivity contribution >= 4 is 28.2 Å². The van der Waals surface area contributed by atoms with Gasteiger partial charge in [-0.2, -0.15) is 0 Å². The lowest BCUT2D eigenvalue weighted by molar-refractivity contribution is -0.692. The Morgan fingerprint density at radius 2 is 1.89 bits per heavy atom. The van der Waals surface area contributed by atoms with Crippen molar-refractivity contribution in [2.45, 2.75) is 45.6 Å². The highest BCUT2D eigenvalue weighted by molar-refractivity contribution is 7.17. The second-order valence-corrected chi connectivity index (χ2v) is 8.55. The highest BCUT2D eigenvalue weighted by atomic mass is 32.1. The van der Waals surface area contributed by atoms with Crippen LogP contribution in [0.25, 0.3) is 0 Å². The van der Waals surface area contributed by atoms with Crippen LogP contribution in [0.15, 0.2) is 30.3 Å². The Balaban J connectivity index is 1.69. The van der Waals surface area contributed by atoms with E-state index < -0.39 is 5.91 Å². The summed E-state index contributed by atoms with van der Waals surface area (Å²) in [6.45, 7) is 4.62. The molecule has 3 rings (SSSR count). The van der Waals surface area contributed by atoms with Crippen LogP contribution in [0.1, 0.15) is 59.1 Å². The molecule has 27 heavy (non-hydrogen) atoms. The van der Waals surface area contributed by atoms with Crippen LogP contribution in [0.5, 0.6) is 0 Å². The number of nitrogens with one attached hydrogen (secondary N) is 1. The number of rotatable bonds is 7. The second-order valence-electron chi connectivity index (χ2n) is 7.45. The number of nitrogens with two attached hydrogens (primary N) is 2. The number of quaternary nitrogens is 1. The molecule has 0 fully saturated rings. The van der Waals surface area contributed by atoms with Gasteiger partial charge in [0.2, 0.25) is 0 Å². The molecular weight excluding hydrogens is 358 g/mol. The fraction of sp³-hybridized carbons (Fsp3) is 0.429. The van der Waals surface area contributed by atoms with E-state index in [1.54, 1.807) is 0 Å². The largest absolute Gasteiger partial charge is 0.365 e. The quantitative estimate of drug-likeness (QED) is 0.683. The van der Waals surface area contributed by atoms with E-state index in [2.05, 4.69) is 36.6 Å². The SMILES string of the molecule is CC(C)[C@@H]([NH2+]CC(=O)Nc1sc2c(c1C(N)=O)CCCC2)c1ccccc1. The van der Waals surface area contributed by atoms with E-state index >= 15 is 0 Å². The molecule has 1 atom stereocenters. The minimum absolute atomic E-state index is 0.0994. The molecule has 5 N–H and O–H groups in total. The number of benzene rings is 1. The summed E-state index contributed by atoms with van der Waals surface area (Å²) in [5, 5.41) is 5.62. The summed E-state index contributed by atoms with van der Waals surface area (Å²) >= 11 is 1.51. The van der Waals surface area contributed by atoms with Crippen LogP contribution in [0.2, 0.25) is 0 Å². The first-order chi connectivity index (χ1) is 13.0. The van der Waals surface area contributed by atoms with E-state index in [-0.39, 0.29) is 11.9 Å². The molecule has 0 saturated carbocycles.